The van der Waals surface area contributed by atoms with Crippen LogP contribution in [0.3, 0.4) is 0 Å². The molecule has 0 aliphatic carbocycles. The maximum Gasteiger partial charge on any atom is 0.118 e. The lowest BCUT2D eigenvalue weighted by Crippen LogP contribution is -2.48. The van der Waals surface area contributed by atoms with Crippen molar-refractivity contribution in [1.29, 1.82) is 0 Å². The summed E-state index contributed by atoms with van der Waals surface area (Å²) in [5, 5.41) is 21.3. The molecule has 1 aromatic rings. The standard InChI is InChI=1S/C11H19NO3S/c1-11(7-13,8-14)12-5-9-3-4-10(15-9)6-16-2/h3-4,12-14H,5-8H2,1-2H3. The molecule has 0 saturated carbocycles. The summed E-state index contributed by atoms with van der Waals surface area (Å²) in [5.74, 6) is 2.62. The smallest absolute Gasteiger partial charge is 0.118 e. The number of hydrogen-bond donors (Lipinski definition) is 3. The second kappa shape index (κ2) is 6.30. The summed E-state index contributed by atoms with van der Waals surface area (Å²) in [5.41, 5.74) is -0.660. The Labute approximate surface area is 100 Å². The lowest BCUT2D eigenvalue weighted by atomic mass is 10.1. The van der Waals surface area contributed by atoms with Crippen molar-refractivity contribution in [3.05, 3.63) is 23.7 Å². The van der Waals surface area contributed by atoms with Crippen molar-refractivity contribution in [3.8, 4) is 0 Å². The van der Waals surface area contributed by atoms with Crippen molar-refractivity contribution in [1.82, 2.24) is 5.32 Å². The Morgan fingerprint density at radius 3 is 2.50 bits per heavy atom. The highest BCUT2D eigenvalue weighted by atomic mass is 32.2. The van der Waals surface area contributed by atoms with Gasteiger partial charge < -0.3 is 19.9 Å². The van der Waals surface area contributed by atoms with E-state index in [0.29, 0.717) is 6.54 Å². The minimum Gasteiger partial charge on any atom is -0.464 e. The van der Waals surface area contributed by atoms with Gasteiger partial charge >= 0.3 is 0 Å². The molecule has 0 fully saturated rings. The van der Waals surface area contributed by atoms with E-state index < -0.39 is 5.54 Å². The van der Waals surface area contributed by atoms with Gasteiger partial charge in [-0.25, -0.2) is 0 Å². The fourth-order valence-corrected chi connectivity index (χ4v) is 1.64. The predicted octanol–water partition coefficient (Wildman–Crippen LogP) is 0.976. The van der Waals surface area contributed by atoms with Crippen LogP contribution in [0.4, 0.5) is 0 Å². The molecular weight excluding hydrogens is 226 g/mol. The molecule has 0 bridgehead atoms. The molecule has 0 radical (unpaired) electrons. The second-order valence-corrected chi connectivity index (χ2v) is 4.90. The third kappa shape index (κ3) is 3.83. The van der Waals surface area contributed by atoms with E-state index >= 15 is 0 Å². The van der Waals surface area contributed by atoms with Crippen LogP contribution in [0.2, 0.25) is 0 Å². The van der Waals surface area contributed by atoms with Gasteiger partial charge in [0.1, 0.15) is 11.5 Å². The maximum atomic E-state index is 9.10. The molecule has 1 aromatic heterocycles. The van der Waals surface area contributed by atoms with Gasteiger partial charge in [-0.1, -0.05) is 0 Å². The first kappa shape index (κ1) is 13.6. The fourth-order valence-electron chi connectivity index (χ4n) is 1.20. The molecule has 0 aromatic carbocycles. The van der Waals surface area contributed by atoms with Crippen LogP contribution in [0.5, 0.6) is 0 Å². The predicted molar refractivity (Wildman–Crippen MR) is 65.3 cm³/mol. The Hall–Kier alpha value is -0.490. The Morgan fingerprint density at radius 1 is 1.31 bits per heavy atom. The van der Waals surface area contributed by atoms with Crippen molar-refractivity contribution in [3.63, 3.8) is 0 Å². The molecule has 1 rings (SSSR count). The number of aliphatic hydroxyl groups is 2. The highest BCUT2D eigenvalue weighted by Gasteiger charge is 2.21. The van der Waals surface area contributed by atoms with E-state index in [1.165, 1.54) is 0 Å². The first-order valence-corrected chi connectivity index (χ1v) is 6.56. The van der Waals surface area contributed by atoms with Gasteiger partial charge in [0.05, 0.1) is 31.1 Å². The molecule has 1 heterocycles. The topological polar surface area (TPSA) is 65.6 Å². The van der Waals surface area contributed by atoms with Crippen LogP contribution in [0, 0.1) is 0 Å². The molecule has 3 N–H and O–H groups in total. The van der Waals surface area contributed by atoms with Gasteiger partial charge in [0.15, 0.2) is 0 Å². The summed E-state index contributed by atoms with van der Waals surface area (Å²) in [6.07, 6.45) is 2.02. The lowest BCUT2D eigenvalue weighted by molar-refractivity contribution is 0.101. The van der Waals surface area contributed by atoms with Crippen molar-refractivity contribution in [2.45, 2.75) is 24.8 Å². The fraction of sp³-hybridized carbons (Fsp3) is 0.636. The SMILES string of the molecule is CSCc1ccc(CNC(C)(CO)CO)o1. The lowest BCUT2D eigenvalue weighted by Gasteiger charge is -2.25. The molecule has 0 atom stereocenters. The zero-order valence-corrected chi connectivity index (χ0v) is 10.5. The van der Waals surface area contributed by atoms with Crippen molar-refractivity contribution < 1.29 is 14.6 Å². The Kier molecular flexibility index (Phi) is 5.34. The number of rotatable bonds is 7. The van der Waals surface area contributed by atoms with Crippen LogP contribution in [0.15, 0.2) is 16.5 Å². The summed E-state index contributed by atoms with van der Waals surface area (Å²) in [7, 11) is 0. The average molecular weight is 245 g/mol. The van der Waals surface area contributed by atoms with Gasteiger partial charge in [-0.05, 0) is 25.3 Å². The van der Waals surface area contributed by atoms with Crippen molar-refractivity contribution in [2.75, 3.05) is 19.5 Å². The highest BCUT2D eigenvalue weighted by molar-refractivity contribution is 7.97. The number of hydrogen-bond acceptors (Lipinski definition) is 5. The summed E-state index contributed by atoms with van der Waals surface area (Å²) < 4.78 is 5.56. The van der Waals surface area contributed by atoms with Crippen LogP contribution < -0.4 is 5.32 Å². The second-order valence-electron chi connectivity index (χ2n) is 4.03. The summed E-state index contributed by atoms with van der Waals surface area (Å²) in [6, 6.07) is 3.86. The minimum absolute atomic E-state index is 0.109. The molecule has 4 nitrogen and oxygen atoms in total. The van der Waals surface area contributed by atoms with Gasteiger partial charge in [-0.2, -0.15) is 11.8 Å². The number of furan rings is 1. The van der Waals surface area contributed by atoms with E-state index in [2.05, 4.69) is 5.32 Å². The molecular formula is C11H19NO3S. The Morgan fingerprint density at radius 2 is 1.94 bits per heavy atom. The summed E-state index contributed by atoms with van der Waals surface area (Å²) in [4.78, 5) is 0. The molecule has 5 heteroatoms. The van der Waals surface area contributed by atoms with Gasteiger partial charge in [0.2, 0.25) is 0 Å². The van der Waals surface area contributed by atoms with Crippen molar-refractivity contribution in [2.24, 2.45) is 0 Å². The number of aliphatic hydroxyl groups excluding tert-OH is 2. The molecule has 0 aliphatic rings. The quantitative estimate of drug-likeness (QED) is 0.668. The van der Waals surface area contributed by atoms with E-state index in [0.717, 1.165) is 17.3 Å². The minimum atomic E-state index is -0.660. The third-order valence-electron chi connectivity index (χ3n) is 2.39. The summed E-state index contributed by atoms with van der Waals surface area (Å²) in [6.45, 7) is 2.05. The van der Waals surface area contributed by atoms with E-state index in [9.17, 15) is 0 Å². The van der Waals surface area contributed by atoms with E-state index in [1.807, 2.05) is 18.4 Å². The molecule has 0 saturated heterocycles. The average Bonchev–Trinajstić information content (AvgIpc) is 2.74. The van der Waals surface area contributed by atoms with Gasteiger partial charge in [0.25, 0.3) is 0 Å². The number of nitrogens with one attached hydrogen (secondary N) is 1. The third-order valence-corrected chi connectivity index (χ3v) is 2.96. The molecule has 16 heavy (non-hydrogen) atoms. The van der Waals surface area contributed by atoms with E-state index in [1.54, 1.807) is 18.7 Å². The monoisotopic (exact) mass is 245 g/mol. The molecule has 0 aliphatic heterocycles. The normalized spacial score (nSPS) is 12.0. The van der Waals surface area contributed by atoms with Crippen molar-refractivity contribution >= 4 is 11.8 Å². The van der Waals surface area contributed by atoms with Gasteiger partial charge in [0, 0.05) is 0 Å². The zero-order chi connectivity index (χ0) is 12.0. The van der Waals surface area contributed by atoms with Crippen LogP contribution in [0.25, 0.3) is 0 Å². The first-order valence-electron chi connectivity index (χ1n) is 5.17. The Bertz CT molecular complexity index is 310. The Balaban J connectivity index is 2.47. The number of thioether (sulfide) groups is 1. The van der Waals surface area contributed by atoms with Crippen LogP contribution in [-0.4, -0.2) is 35.2 Å². The first-order chi connectivity index (χ1) is 7.63. The largest absolute Gasteiger partial charge is 0.464 e. The molecule has 0 amide bonds. The van der Waals surface area contributed by atoms with Gasteiger partial charge in [-0.3, -0.25) is 0 Å². The molecule has 0 unspecified atom stereocenters. The van der Waals surface area contributed by atoms with E-state index in [4.69, 9.17) is 14.6 Å². The maximum absolute atomic E-state index is 9.10. The van der Waals surface area contributed by atoms with Crippen LogP contribution >= 0.6 is 11.8 Å². The van der Waals surface area contributed by atoms with Crippen LogP contribution in [0.1, 0.15) is 18.4 Å². The summed E-state index contributed by atoms with van der Waals surface area (Å²) >= 11 is 1.71. The molecule has 0 spiro atoms. The highest BCUT2D eigenvalue weighted by Crippen LogP contribution is 2.14. The molecule has 92 valence electrons. The van der Waals surface area contributed by atoms with Crippen LogP contribution in [-0.2, 0) is 12.3 Å². The zero-order valence-electron chi connectivity index (χ0n) is 9.69. The van der Waals surface area contributed by atoms with E-state index in [-0.39, 0.29) is 13.2 Å². The van der Waals surface area contributed by atoms with Gasteiger partial charge in [-0.15, -0.1) is 0 Å².